The third-order valence-corrected chi connectivity index (χ3v) is 3.40. The Morgan fingerprint density at radius 1 is 1.53 bits per heavy atom. The van der Waals surface area contributed by atoms with Crippen LogP contribution in [0.2, 0.25) is 5.02 Å². The van der Waals surface area contributed by atoms with E-state index in [1.807, 2.05) is 19.1 Å². The standard InChI is InChI=1S/C13H19ClN2O/c1-2-17-11-4-3-7-16(9-11)13-6-5-10(15)8-12(13)14/h5-6,8,11H,2-4,7,9,15H2,1H3. The molecule has 4 heteroatoms. The number of piperidine rings is 1. The zero-order chi connectivity index (χ0) is 12.3. The number of hydrogen-bond donors (Lipinski definition) is 1. The molecule has 0 aromatic heterocycles. The molecule has 0 bridgehead atoms. The largest absolute Gasteiger partial charge is 0.399 e. The first-order chi connectivity index (χ1) is 8.20. The molecule has 1 fully saturated rings. The number of rotatable bonds is 3. The Kier molecular flexibility index (Phi) is 4.13. The van der Waals surface area contributed by atoms with Crippen LogP contribution >= 0.6 is 11.6 Å². The van der Waals surface area contributed by atoms with Crippen molar-refractivity contribution in [3.63, 3.8) is 0 Å². The van der Waals surface area contributed by atoms with Crippen LogP contribution in [0.25, 0.3) is 0 Å². The van der Waals surface area contributed by atoms with E-state index in [0.717, 1.165) is 43.2 Å². The van der Waals surface area contributed by atoms with E-state index >= 15 is 0 Å². The van der Waals surface area contributed by atoms with E-state index in [1.54, 1.807) is 6.07 Å². The predicted molar refractivity (Wildman–Crippen MR) is 72.7 cm³/mol. The third-order valence-electron chi connectivity index (χ3n) is 3.09. The van der Waals surface area contributed by atoms with Crippen LogP contribution in [-0.4, -0.2) is 25.8 Å². The summed E-state index contributed by atoms with van der Waals surface area (Å²) in [5, 5.41) is 0.724. The smallest absolute Gasteiger partial charge is 0.0750 e. The van der Waals surface area contributed by atoms with Gasteiger partial charge in [-0.15, -0.1) is 0 Å². The van der Waals surface area contributed by atoms with Gasteiger partial charge in [0, 0.05) is 25.4 Å². The highest BCUT2D eigenvalue weighted by molar-refractivity contribution is 6.33. The van der Waals surface area contributed by atoms with Crippen LogP contribution in [0.5, 0.6) is 0 Å². The normalized spacial score (nSPS) is 20.6. The third kappa shape index (κ3) is 3.05. The van der Waals surface area contributed by atoms with Crippen LogP contribution in [0, 0.1) is 0 Å². The van der Waals surface area contributed by atoms with Gasteiger partial charge in [0.2, 0.25) is 0 Å². The summed E-state index contributed by atoms with van der Waals surface area (Å²) in [6, 6.07) is 5.69. The molecule has 94 valence electrons. The van der Waals surface area contributed by atoms with Gasteiger partial charge >= 0.3 is 0 Å². The molecule has 3 nitrogen and oxygen atoms in total. The maximum atomic E-state index is 6.23. The van der Waals surface area contributed by atoms with E-state index in [9.17, 15) is 0 Å². The summed E-state index contributed by atoms with van der Waals surface area (Å²) in [5.74, 6) is 0. The number of hydrogen-bond acceptors (Lipinski definition) is 3. The number of anilines is 2. The van der Waals surface area contributed by atoms with Gasteiger partial charge in [0.05, 0.1) is 16.8 Å². The van der Waals surface area contributed by atoms with E-state index in [1.165, 1.54) is 0 Å². The molecule has 0 spiro atoms. The second kappa shape index (κ2) is 5.61. The highest BCUT2D eigenvalue weighted by atomic mass is 35.5. The quantitative estimate of drug-likeness (QED) is 0.843. The van der Waals surface area contributed by atoms with Gasteiger partial charge in [0.15, 0.2) is 0 Å². The Morgan fingerprint density at radius 3 is 3.06 bits per heavy atom. The van der Waals surface area contributed by atoms with Gasteiger partial charge in [-0.3, -0.25) is 0 Å². The molecule has 1 heterocycles. The van der Waals surface area contributed by atoms with Gasteiger partial charge < -0.3 is 15.4 Å². The molecule has 1 unspecified atom stereocenters. The second-order valence-corrected chi connectivity index (χ2v) is 4.78. The van der Waals surface area contributed by atoms with Crippen molar-refractivity contribution in [3.05, 3.63) is 23.2 Å². The molecule has 0 amide bonds. The van der Waals surface area contributed by atoms with Crippen molar-refractivity contribution in [2.24, 2.45) is 0 Å². The molecule has 1 aliphatic rings. The van der Waals surface area contributed by atoms with Crippen molar-refractivity contribution in [1.82, 2.24) is 0 Å². The average molecular weight is 255 g/mol. The van der Waals surface area contributed by atoms with Crippen molar-refractivity contribution in [3.8, 4) is 0 Å². The van der Waals surface area contributed by atoms with Gasteiger partial charge in [0.1, 0.15) is 0 Å². The van der Waals surface area contributed by atoms with Crippen molar-refractivity contribution < 1.29 is 4.74 Å². The second-order valence-electron chi connectivity index (χ2n) is 4.38. The van der Waals surface area contributed by atoms with Crippen LogP contribution in [-0.2, 0) is 4.74 Å². The SMILES string of the molecule is CCOC1CCCN(c2ccc(N)cc2Cl)C1. The lowest BCUT2D eigenvalue weighted by Gasteiger charge is -2.34. The van der Waals surface area contributed by atoms with E-state index in [0.29, 0.717) is 11.8 Å². The van der Waals surface area contributed by atoms with Gasteiger partial charge in [-0.1, -0.05) is 11.6 Å². The van der Waals surface area contributed by atoms with Gasteiger partial charge in [0.25, 0.3) is 0 Å². The summed E-state index contributed by atoms with van der Waals surface area (Å²) in [4.78, 5) is 2.28. The first kappa shape index (κ1) is 12.5. The Balaban J connectivity index is 2.10. The van der Waals surface area contributed by atoms with Crippen LogP contribution < -0.4 is 10.6 Å². The lowest BCUT2D eigenvalue weighted by molar-refractivity contribution is 0.0527. The molecule has 1 saturated heterocycles. The lowest BCUT2D eigenvalue weighted by Crippen LogP contribution is -2.39. The zero-order valence-corrected chi connectivity index (χ0v) is 10.9. The monoisotopic (exact) mass is 254 g/mol. The van der Waals surface area contributed by atoms with Crippen molar-refractivity contribution in [2.75, 3.05) is 30.3 Å². The number of ether oxygens (including phenoxy) is 1. The van der Waals surface area contributed by atoms with Gasteiger partial charge in [-0.05, 0) is 38.0 Å². The first-order valence-electron chi connectivity index (χ1n) is 6.12. The molecule has 2 rings (SSSR count). The van der Waals surface area contributed by atoms with Crippen LogP contribution in [0.15, 0.2) is 18.2 Å². The Hall–Kier alpha value is -0.930. The molecular weight excluding hydrogens is 236 g/mol. The predicted octanol–water partition coefficient (Wildman–Crippen LogP) is 2.93. The van der Waals surface area contributed by atoms with Crippen molar-refractivity contribution in [1.29, 1.82) is 0 Å². The fourth-order valence-corrected chi connectivity index (χ4v) is 2.62. The Morgan fingerprint density at radius 2 is 2.35 bits per heavy atom. The maximum absolute atomic E-state index is 6.23. The number of nitrogens with two attached hydrogens (primary N) is 1. The minimum atomic E-state index is 0.322. The minimum Gasteiger partial charge on any atom is -0.399 e. The molecule has 0 aliphatic carbocycles. The number of halogens is 1. The molecule has 1 atom stereocenters. The van der Waals surface area contributed by atoms with E-state index in [4.69, 9.17) is 22.1 Å². The van der Waals surface area contributed by atoms with Crippen molar-refractivity contribution in [2.45, 2.75) is 25.9 Å². The van der Waals surface area contributed by atoms with E-state index < -0.39 is 0 Å². The number of benzene rings is 1. The fraction of sp³-hybridized carbons (Fsp3) is 0.538. The maximum Gasteiger partial charge on any atom is 0.0750 e. The molecule has 0 radical (unpaired) electrons. The number of nitrogens with zero attached hydrogens (tertiary/aromatic N) is 1. The summed E-state index contributed by atoms with van der Waals surface area (Å²) in [6.45, 7) is 4.76. The molecule has 0 saturated carbocycles. The summed E-state index contributed by atoms with van der Waals surface area (Å²) >= 11 is 6.23. The minimum absolute atomic E-state index is 0.322. The summed E-state index contributed by atoms with van der Waals surface area (Å²) in [7, 11) is 0. The molecule has 1 aromatic carbocycles. The molecule has 1 aliphatic heterocycles. The highest BCUT2D eigenvalue weighted by Crippen LogP contribution is 2.30. The molecular formula is C13H19ClN2O. The topological polar surface area (TPSA) is 38.5 Å². The van der Waals surface area contributed by atoms with E-state index in [-0.39, 0.29) is 0 Å². The Bertz CT molecular complexity index is 382. The highest BCUT2D eigenvalue weighted by Gasteiger charge is 2.21. The molecule has 17 heavy (non-hydrogen) atoms. The van der Waals surface area contributed by atoms with Crippen LogP contribution in [0.1, 0.15) is 19.8 Å². The summed E-state index contributed by atoms with van der Waals surface area (Å²) in [6.07, 6.45) is 2.60. The van der Waals surface area contributed by atoms with E-state index in [2.05, 4.69) is 4.90 Å². The van der Waals surface area contributed by atoms with Crippen LogP contribution in [0.3, 0.4) is 0 Å². The molecule has 1 aromatic rings. The summed E-state index contributed by atoms with van der Waals surface area (Å²) < 4.78 is 5.69. The van der Waals surface area contributed by atoms with Crippen LogP contribution in [0.4, 0.5) is 11.4 Å². The fourth-order valence-electron chi connectivity index (χ4n) is 2.31. The van der Waals surface area contributed by atoms with Gasteiger partial charge in [-0.25, -0.2) is 0 Å². The lowest BCUT2D eigenvalue weighted by atomic mass is 10.1. The first-order valence-corrected chi connectivity index (χ1v) is 6.50. The summed E-state index contributed by atoms with van der Waals surface area (Å²) in [5.41, 5.74) is 7.47. The molecule has 2 N–H and O–H groups in total. The van der Waals surface area contributed by atoms with Crippen molar-refractivity contribution >= 4 is 23.0 Å². The Labute approximate surface area is 107 Å². The van der Waals surface area contributed by atoms with Gasteiger partial charge in [-0.2, -0.15) is 0 Å². The zero-order valence-electron chi connectivity index (χ0n) is 10.2. The average Bonchev–Trinajstić information content (AvgIpc) is 2.29. The number of nitrogen functional groups attached to an aromatic ring is 1.